The van der Waals surface area contributed by atoms with E-state index >= 15 is 0 Å². The third kappa shape index (κ3) is 1.79. The minimum Gasteiger partial charge on any atom is -0.373 e. The van der Waals surface area contributed by atoms with Gasteiger partial charge in [-0.1, -0.05) is 13.8 Å². The van der Waals surface area contributed by atoms with Gasteiger partial charge in [0, 0.05) is 17.4 Å². The van der Waals surface area contributed by atoms with Crippen LogP contribution in [0.15, 0.2) is 6.07 Å². The third-order valence-electron chi connectivity index (χ3n) is 5.59. The van der Waals surface area contributed by atoms with E-state index in [2.05, 4.69) is 31.4 Å². The van der Waals surface area contributed by atoms with E-state index in [0.29, 0.717) is 23.7 Å². The summed E-state index contributed by atoms with van der Waals surface area (Å²) in [6, 6.07) is 3.09. The van der Waals surface area contributed by atoms with E-state index in [0.717, 1.165) is 12.8 Å². The molecule has 1 aromatic heterocycles. The molecule has 2 N–H and O–H groups in total. The molecule has 2 aliphatic heterocycles. The Morgan fingerprint density at radius 3 is 2.80 bits per heavy atom. The summed E-state index contributed by atoms with van der Waals surface area (Å²) >= 11 is 0. The van der Waals surface area contributed by atoms with E-state index in [1.165, 1.54) is 36.2 Å². The number of hydrogen-bond acceptors (Lipinski definition) is 2. The van der Waals surface area contributed by atoms with Crippen molar-refractivity contribution in [3.63, 3.8) is 0 Å². The zero-order valence-electron chi connectivity index (χ0n) is 12.9. The first-order chi connectivity index (χ1) is 9.44. The van der Waals surface area contributed by atoms with Crippen molar-refractivity contribution in [1.82, 2.24) is 4.57 Å². The van der Waals surface area contributed by atoms with Gasteiger partial charge in [-0.15, -0.1) is 0 Å². The maximum atomic E-state index is 6.43. The fourth-order valence-corrected chi connectivity index (χ4v) is 4.81. The average Bonchev–Trinajstić information content (AvgIpc) is 3.01. The third-order valence-corrected chi connectivity index (χ3v) is 5.59. The summed E-state index contributed by atoms with van der Waals surface area (Å²) in [5.74, 6) is 0. The Labute approximate surface area is 121 Å². The smallest absolute Gasteiger partial charge is 0.0787 e. The standard InChI is InChI=1S/C17H26N2O/c1-10-6-12-13(18)8-17(2,3)9-15(12)19(10)14-7-11-4-5-16(14)20-11/h6,11,13-14,16H,4-5,7-9,18H2,1-3H3. The molecular formula is C17H26N2O. The quantitative estimate of drug-likeness (QED) is 0.854. The zero-order chi connectivity index (χ0) is 14.1. The summed E-state index contributed by atoms with van der Waals surface area (Å²) < 4.78 is 8.66. The van der Waals surface area contributed by atoms with Crippen molar-refractivity contribution in [1.29, 1.82) is 0 Å². The molecule has 1 aromatic rings. The van der Waals surface area contributed by atoms with Gasteiger partial charge in [0.1, 0.15) is 0 Å². The molecule has 20 heavy (non-hydrogen) atoms. The number of fused-ring (bicyclic) bond motifs is 3. The molecule has 0 amide bonds. The van der Waals surface area contributed by atoms with E-state index in [1.54, 1.807) is 0 Å². The second kappa shape index (κ2) is 4.11. The Bertz CT molecular complexity index is 545. The summed E-state index contributed by atoms with van der Waals surface area (Å²) in [6.07, 6.45) is 6.88. The number of nitrogens with two attached hydrogens (primary N) is 1. The maximum Gasteiger partial charge on any atom is 0.0787 e. The lowest BCUT2D eigenvalue weighted by Crippen LogP contribution is -2.32. The van der Waals surface area contributed by atoms with Gasteiger partial charge in [-0.25, -0.2) is 0 Å². The minimum atomic E-state index is 0.202. The molecule has 0 saturated carbocycles. The lowest BCUT2D eigenvalue weighted by molar-refractivity contribution is 0.0928. The highest BCUT2D eigenvalue weighted by Gasteiger charge is 2.44. The first-order valence-corrected chi connectivity index (χ1v) is 8.06. The highest BCUT2D eigenvalue weighted by atomic mass is 16.5. The Kier molecular flexibility index (Phi) is 2.65. The van der Waals surface area contributed by atoms with Gasteiger partial charge in [-0.2, -0.15) is 0 Å². The number of nitrogens with zero attached hydrogens (tertiary/aromatic N) is 1. The predicted octanol–water partition coefficient (Wildman–Crippen LogP) is 3.26. The van der Waals surface area contributed by atoms with E-state index in [-0.39, 0.29) is 6.04 Å². The number of ether oxygens (including phenoxy) is 1. The number of rotatable bonds is 1. The molecule has 4 rings (SSSR count). The fourth-order valence-electron chi connectivity index (χ4n) is 4.81. The first-order valence-electron chi connectivity index (χ1n) is 8.06. The molecule has 2 fully saturated rings. The van der Waals surface area contributed by atoms with E-state index in [1.807, 2.05) is 0 Å². The van der Waals surface area contributed by atoms with Crippen LogP contribution in [0.1, 0.15) is 68.6 Å². The summed E-state index contributed by atoms with van der Waals surface area (Å²) in [5.41, 5.74) is 11.0. The van der Waals surface area contributed by atoms with Crippen molar-refractivity contribution in [3.8, 4) is 0 Å². The van der Waals surface area contributed by atoms with Gasteiger partial charge in [0.25, 0.3) is 0 Å². The van der Waals surface area contributed by atoms with E-state index in [4.69, 9.17) is 10.5 Å². The molecular weight excluding hydrogens is 248 g/mol. The number of hydrogen-bond donors (Lipinski definition) is 1. The Hall–Kier alpha value is -0.800. The molecule has 3 nitrogen and oxygen atoms in total. The van der Waals surface area contributed by atoms with Crippen molar-refractivity contribution < 1.29 is 4.74 Å². The molecule has 4 atom stereocenters. The Balaban J connectivity index is 1.78. The van der Waals surface area contributed by atoms with Crippen LogP contribution in [0.3, 0.4) is 0 Å². The van der Waals surface area contributed by atoms with Gasteiger partial charge >= 0.3 is 0 Å². The van der Waals surface area contributed by atoms with Gasteiger partial charge in [-0.05, 0) is 56.1 Å². The molecule has 1 aliphatic carbocycles. The van der Waals surface area contributed by atoms with Crippen LogP contribution >= 0.6 is 0 Å². The van der Waals surface area contributed by atoms with Crippen LogP contribution in [0, 0.1) is 12.3 Å². The molecule has 4 unspecified atom stereocenters. The lowest BCUT2D eigenvalue weighted by Gasteiger charge is -2.36. The number of aromatic nitrogens is 1. The van der Waals surface area contributed by atoms with Crippen molar-refractivity contribution in [3.05, 3.63) is 23.0 Å². The van der Waals surface area contributed by atoms with Gasteiger partial charge in [-0.3, -0.25) is 0 Å². The summed E-state index contributed by atoms with van der Waals surface area (Å²) in [5, 5.41) is 0. The minimum absolute atomic E-state index is 0.202. The average molecular weight is 274 g/mol. The number of aryl methyl sites for hydroxylation is 1. The van der Waals surface area contributed by atoms with Crippen LogP contribution < -0.4 is 5.73 Å². The van der Waals surface area contributed by atoms with Crippen LogP contribution in [0.25, 0.3) is 0 Å². The highest BCUT2D eigenvalue weighted by Crippen LogP contribution is 2.47. The first kappa shape index (κ1) is 12.9. The molecule has 0 spiro atoms. The van der Waals surface area contributed by atoms with Crippen LogP contribution in [-0.4, -0.2) is 16.8 Å². The monoisotopic (exact) mass is 274 g/mol. The zero-order valence-corrected chi connectivity index (χ0v) is 12.9. The molecule has 0 aromatic carbocycles. The van der Waals surface area contributed by atoms with Crippen molar-refractivity contribution in [2.24, 2.45) is 11.1 Å². The van der Waals surface area contributed by atoms with Crippen LogP contribution in [0.2, 0.25) is 0 Å². The molecule has 3 aliphatic rings. The maximum absolute atomic E-state index is 6.43. The molecule has 2 bridgehead atoms. The largest absolute Gasteiger partial charge is 0.373 e. The molecule has 0 radical (unpaired) electrons. The molecule has 110 valence electrons. The molecule has 2 saturated heterocycles. The Morgan fingerprint density at radius 2 is 2.15 bits per heavy atom. The Morgan fingerprint density at radius 1 is 1.35 bits per heavy atom. The van der Waals surface area contributed by atoms with Gasteiger partial charge < -0.3 is 15.0 Å². The van der Waals surface area contributed by atoms with E-state index < -0.39 is 0 Å². The van der Waals surface area contributed by atoms with Crippen LogP contribution in [-0.2, 0) is 11.2 Å². The SMILES string of the molecule is Cc1cc2c(n1C1CC3CCC1O3)CC(C)(C)CC2N. The van der Waals surface area contributed by atoms with Crippen molar-refractivity contribution in [2.75, 3.05) is 0 Å². The fraction of sp³-hybridized carbons (Fsp3) is 0.765. The topological polar surface area (TPSA) is 40.2 Å². The summed E-state index contributed by atoms with van der Waals surface area (Å²) in [6.45, 7) is 6.93. The van der Waals surface area contributed by atoms with Crippen molar-refractivity contribution in [2.45, 2.75) is 77.2 Å². The predicted molar refractivity (Wildman–Crippen MR) is 79.7 cm³/mol. The van der Waals surface area contributed by atoms with Gasteiger partial charge in [0.2, 0.25) is 0 Å². The second-order valence-electron chi connectivity index (χ2n) is 7.89. The summed E-state index contributed by atoms with van der Waals surface area (Å²) in [4.78, 5) is 0. The highest BCUT2D eigenvalue weighted by molar-refractivity contribution is 5.35. The van der Waals surface area contributed by atoms with Gasteiger partial charge in [0.05, 0.1) is 18.2 Å². The van der Waals surface area contributed by atoms with Gasteiger partial charge in [0.15, 0.2) is 0 Å². The molecule has 3 heterocycles. The van der Waals surface area contributed by atoms with E-state index in [9.17, 15) is 0 Å². The van der Waals surface area contributed by atoms with Crippen molar-refractivity contribution >= 4 is 0 Å². The second-order valence-corrected chi connectivity index (χ2v) is 7.89. The lowest BCUT2D eigenvalue weighted by atomic mass is 9.74. The van der Waals surface area contributed by atoms with Crippen LogP contribution in [0.4, 0.5) is 0 Å². The van der Waals surface area contributed by atoms with Crippen LogP contribution in [0.5, 0.6) is 0 Å². The summed E-state index contributed by atoms with van der Waals surface area (Å²) in [7, 11) is 0. The normalized spacial score (nSPS) is 38.2. The molecule has 3 heteroatoms.